The number of hydrogen-bond acceptors (Lipinski definition) is 3. The molecular formula is C7H8BrN3O2. The number of hydrogen-bond donors (Lipinski definition) is 2. The van der Waals surface area contributed by atoms with Crippen LogP contribution in [0.25, 0.3) is 0 Å². The van der Waals surface area contributed by atoms with Gasteiger partial charge in [-0.05, 0) is 15.9 Å². The van der Waals surface area contributed by atoms with Crippen molar-refractivity contribution in [2.24, 2.45) is 0 Å². The first-order valence-electron chi connectivity index (χ1n) is 3.79. The maximum Gasteiger partial charge on any atom is 0.326 e. The Kier molecular flexibility index (Phi) is 1.80. The van der Waals surface area contributed by atoms with Gasteiger partial charge >= 0.3 is 5.97 Å². The quantitative estimate of drug-likeness (QED) is 0.762. The van der Waals surface area contributed by atoms with E-state index in [1.54, 1.807) is 11.9 Å². The van der Waals surface area contributed by atoms with E-state index < -0.39 is 12.0 Å². The molecule has 1 aromatic rings. The van der Waals surface area contributed by atoms with Gasteiger partial charge in [-0.1, -0.05) is 0 Å². The molecule has 2 N–H and O–H groups in total. The monoisotopic (exact) mass is 245 g/mol. The second-order valence-electron chi connectivity index (χ2n) is 3.01. The number of carbonyl (C=O) groups is 1. The minimum Gasteiger partial charge on any atom is -0.480 e. The summed E-state index contributed by atoms with van der Waals surface area (Å²) in [5.74, 6) is -0.0910. The summed E-state index contributed by atoms with van der Waals surface area (Å²) in [6.07, 6.45) is 0.498. The highest BCUT2D eigenvalue weighted by Crippen LogP contribution is 2.33. The zero-order valence-corrected chi connectivity index (χ0v) is 8.50. The number of nitrogens with one attached hydrogen (secondary N) is 1. The Balaban J connectivity index is 2.38. The Bertz CT molecular complexity index is 363. The van der Waals surface area contributed by atoms with Crippen molar-refractivity contribution in [3.05, 3.63) is 10.2 Å². The van der Waals surface area contributed by atoms with Gasteiger partial charge in [-0.3, -0.25) is 5.10 Å². The van der Waals surface area contributed by atoms with E-state index in [1.807, 2.05) is 0 Å². The molecule has 0 fully saturated rings. The molecule has 13 heavy (non-hydrogen) atoms. The fourth-order valence-corrected chi connectivity index (χ4v) is 1.97. The molecule has 1 aliphatic rings. The fourth-order valence-electron chi connectivity index (χ4n) is 1.54. The Hall–Kier alpha value is -1.04. The summed E-state index contributed by atoms with van der Waals surface area (Å²) in [5, 5.41) is 15.6. The van der Waals surface area contributed by atoms with E-state index in [9.17, 15) is 4.79 Å². The van der Waals surface area contributed by atoms with E-state index >= 15 is 0 Å². The molecule has 0 bridgehead atoms. The SMILES string of the molecule is CN1c2n[nH]c(Br)c2CC1C(=O)O. The molecule has 0 spiro atoms. The number of fused-ring (bicyclic) bond motifs is 1. The molecule has 0 aromatic carbocycles. The van der Waals surface area contributed by atoms with Crippen LogP contribution >= 0.6 is 15.9 Å². The van der Waals surface area contributed by atoms with Gasteiger partial charge in [-0.2, -0.15) is 5.10 Å². The predicted molar refractivity (Wildman–Crippen MR) is 49.8 cm³/mol. The molecule has 5 nitrogen and oxygen atoms in total. The zero-order chi connectivity index (χ0) is 9.59. The van der Waals surface area contributed by atoms with Crippen LogP contribution in [0.1, 0.15) is 5.56 Å². The molecule has 1 atom stereocenters. The number of H-pyrrole nitrogens is 1. The van der Waals surface area contributed by atoms with Crippen molar-refractivity contribution < 1.29 is 9.90 Å². The third-order valence-electron chi connectivity index (χ3n) is 2.28. The van der Waals surface area contributed by atoms with Crippen molar-refractivity contribution in [3.63, 3.8) is 0 Å². The van der Waals surface area contributed by atoms with Gasteiger partial charge < -0.3 is 10.0 Å². The number of aromatic nitrogens is 2. The lowest BCUT2D eigenvalue weighted by atomic mass is 10.2. The third kappa shape index (κ3) is 1.13. The van der Waals surface area contributed by atoms with E-state index in [-0.39, 0.29) is 0 Å². The molecule has 0 amide bonds. The average Bonchev–Trinajstić information content (AvgIpc) is 2.55. The number of nitrogens with zero attached hydrogens (tertiary/aromatic N) is 2. The fraction of sp³-hybridized carbons (Fsp3) is 0.429. The predicted octanol–water partition coefficient (Wildman–Crippen LogP) is 0.618. The summed E-state index contributed by atoms with van der Waals surface area (Å²) in [7, 11) is 1.73. The van der Waals surface area contributed by atoms with E-state index in [1.165, 1.54) is 0 Å². The summed E-state index contributed by atoms with van der Waals surface area (Å²) >= 11 is 3.28. The van der Waals surface area contributed by atoms with Crippen LogP contribution in [-0.4, -0.2) is 34.4 Å². The molecular weight excluding hydrogens is 238 g/mol. The lowest BCUT2D eigenvalue weighted by Gasteiger charge is -2.16. The maximum atomic E-state index is 10.8. The first-order chi connectivity index (χ1) is 6.11. The van der Waals surface area contributed by atoms with Crippen LogP contribution in [-0.2, 0) is 11.2 Å². The topological polar surface area (TPSA) is 69.2 Å². The summed E-state index contributed by atoms with van der Waals surface area (Å²) < 4.78 is 0.776. The van der Waals surface area contributed by atoms with E-state index in [2.05, 4.69) is 26.1 Å². The lowest BCUT2D eigenvalue weighted by molar-refractivity contribution is -0.138. The van der Waals surface area contributed by atoms with Crippen molar-refractivity contribution in [1.82, 2.24) is 10.2 Å². The molecule has 6 heteroatoms. The van der Waals surface area contributed by atoms with Gasteiger partial charge in [-0.25, -0.2) is 4.79 Å². The molecule has 1 unspecified atom stereocenters. The van der Waals surface area contributed by atoms with Gasteiger partial charge in [0, 0.05) is 19.0 Å². The Morgan fingerprint density at radius 3 is 3.08 bits per heavy atom. The minimum atomic E-state index is -0.813. The Morgan fingerprint density at radius 1 is 1.85 bits per heavy atom. The smallest absolute Gasteiger partial charge is 0.326 e. The van der Waals surface area contributed by atoms with Gasteiger partial charge in [0.15, 0.2) is 5.82 Å². The molecule has 1 aromatic heterocycles. The zero-order valence-electron chi connectivity index (χ0n) is 6.91. The first kappa shape index (κ1) is 8.55. The van der Waals surface area contributed by atoms with Crippen molar-refractivity contribution in [1.29, 1.82) is 0 Å². The number of halogens is 1. The van der Waals surface area contributed by atoms with Crippen molar-refractivity contribution in [2.45, 2.75) is 12.5 Å². The molecule has 2 heterocycles. The number of carboxylic acids is 1. The minimum absolute atomic E-state index is 0.483. The van der Waals surface area contributed by atoms with Gasteiger partial charge in [0.1, 0.15) is 10.6 Å². The Labute approximate surface area is 82.9 Å². The largest absolute Gasteiger partial charge is 0.480 e. The van der Waals surface area contributed by atoms with Crippen LogP contribution in [0.3, 0.4) is 0 Å². The van der Waals surface area contributed by atoms with E-state index in [0.717, 1.165) is 16.0 Å². The lowest BCUT2D eigenvalue weighted by Crippen LogP contribution is -2.35. The molecule has 1 aliphatic heterocycles. The van der Waals surface area contributed by atoms with Crippen LogP contribution in [0, 0.1) is 0 Å². The average molecular weight is 246 g/mol. The van der Waals surface area contributed by atoms with Crippen molar-refractivity contribution in [2.75, 3.05) is 11.9 Å². The van der Waals surface area contributed by atoms with Gasteiger partial charge in [0.05, 0.1) is 0 Å². The highest BCUT2D eigenvalue weighted by molar-refractivity contribution is 9.10. The van der Waals surface area contributed by atoms with Crippen LogP contribution in [0.4, 0.5) is 5.82 Å². The standard InChI is InChI=1S/C7H8BrN3O2/c1-11-4(7(12)13)2-3-5(8)9-10-6(3)11/h4H,2H2,1H3,(H,9,10)(H,12,13). The number of rotatable bonds is 1. The molecule has 0 saturated carbocycles. The van der Waals surface area contributed by atoms with Crippen molar-refractivity contribution in [3.8, 4) is 0 Å². The van der Waals surface area contributed by atoms with Crippen LogP contribution in [0.15, 0.2) is 4.60 Å². The molecule has 2 rings (SSSR count). The second-order valence-corrected chi connectivity index (χ2v) is 3.80. The molecule has 0 radical (unpaired) electrons. The maximum absolute atomic E-state index is 10.8. The van der Waals surface area contributed by atoms with Gasteiger partial charge in [0.2, 0.25) is 0 Å². The highest BCUT2D eigenvalue weighted by atomic mass is 79.9. The van der Waals surface area contributed by atoms with Crippen LogP contribution < -0.4 is 4.90 Å². The van der Waals surface area contributed by atoms with Crippen molar-refractivity contribution >= 4 is 27.7 Å². The summed E-state index contributed by atoms with van der Waals surface area (Å²) in [6, 6.07) is -0.483. The number of aliphatic carboxylic acids is 1. The second kappa shape index (κ2) is 2.73. The normalized spacial score (nSPS) is 20.5. The summed E-state index contributed by atoms with van der Waals surface area (Å²) in [5.41, 5.74) is 0.940. The van der Waals surface area contributed by atoms with Gasteiger partial charge in [-0.15, -0.1) is 0 Å². The number of carboxylic acid groups (broad SMARTS) is 1. The van der Waals surface area contributed by atoms with Crippen LogP contribution in [0.2, 0.25) is 0 Å². The summed E-state index contributed by atoms with van der Waals surface area (Å²) in [6.45, 7) is 0. The number of likely N-dealkylation sites (N-methyl/N-ethyl adjacent to an activating group) is 1. The van der Waals surface area contributed by atoms with E-state index in [0.29, 0.717) is 6.42 Å². The molecule has 70 valence electrons. The number of anilines is 1. The highest BCUT2D eigenvalue weighted by Gasteiger charge is 2.35. The third-order valence-corrected chi connectivity index (χ3v) is 2.93. The Morgan fingerprint density at radius 2 is 2.54 bits per heavy atom. The van der Waals surface area contributed by atoms with Gasteiger partial charge in [0.25, 0.3) is 0 Å². The number of aromatic amines is 1. The first-order valence-corrected chi connectivity index (χ1v) is 4.59. The summed E-state index contributed by atoms with van der Waals surface area (Å²) in [4.78, 5) is 12.5. The van der Waals surface area contributed by atoms with E-state index in [4.69, 9.17) is 5.11 Å². The molecule has 0 aliphatic carbocycles. The van der Waals surface area contributed by atoms with Crippen LogP contribution in [0.5, 0.6) is 0 Å². The molecule has 0 saturated heterocycles.